The van der Waals surface area contributed by atoms with Crippen molar-refractivity contribution in [1.82, 2.24) is 5.32 Å². The maximum absolute atomic E-state index is 12.2. The van der Waals surface area contributed by atoms with E-state index in [-0.39, 0.29) is 11.9 Å². The second kappa shape index (κ2) is 5.09. The summed E-state index contributed by atoms with van der Waals surface area (Å²) >= 11 is 6.09. The van der Waals surface area contributed by atoms with Gasteiger partial charge in [0, 0.05) is 5.02 Å². The van der Waals surface area contributed by atoms with Gasteiger partial charge in [-0.05, 0) is 24.0 Å². The molecule has 1 aromatic rings. The summed E-state index contributed by atoms with van der Waals surface area (Å²) in [6, 6.07) is 7.04. The van der Waals surface area contributed by atoms with Gasteiger partial charge in [-0.3, -0.25) is 9.59 Å². The first-order valence-electron chi connectivity index (χ1n) is 6.54. The fraction of sp³-hybridized carbons (Fsp3) is 0.467. The zero-order valence-electron chi connectivity index (χ0n) is 11.7. The third-order valence-electron chi connectivity index (χ3n) is 4.11. The van der Waals surface area contributed by atoms with Gasteiger partial charge in [0.25, 0.3) is 0 Å². The Labute approximate surface area is 123 Å². The van der Waals surface area contributed by atoms with Gasteiger partial charge in [-0.25, -0.2) is 0 Å². The van der Waals surface area contributed by atoms with Gasteiger partial charge in [0.05, 0.1) is 17.9 Å². The minimum absolute atomic E-state index is 0.227. The standard InChI is InChI=1S/C15H18ClNO3/c1-8(9-6-4-5-7-10(9)16)17-13(18)11-12(14(19)20)15(11,2)3/h4-8,11-12H,1-3H3,(H,17,18)(H,19,20)/t8-,11?,12?/m1/s1. The predicted molar refractivity (Wildman–Crippen MR) is 76.4 cm³/mol. The van der Waals surface area contributed by atoms with Crippen LogP contribution in [0.25, 0.3) is 0 Å². The van der Waals surface area contributed by atoms with E-state index in [4.69, 9.17) is 16.7 Å². The molecular formula is C15H18ClNO3. The van der Waals surface area contributed by atoms with Crippen LogP contribution in [-0.2, 0) is 9.59 Å². The molecule has 1 aromatic carbocycles. The maximum Gasteiger partial charge on any atom is 0.307 e. The van der Waals surface area contributed by atoms with Crippen molar-refractivity contribution in [3.63, 3.8) is 0 Å². The molecule has 1 amide bonds. The van der Waals surface area contributed by atoms with Crippen molar-refractivity contribution in [3.05, 3.63) is 34.9 Å². The SMILES string of the molecule is C[C@@H](NC(=O)C1C(C(=O)O)C1(C)C)c1ccccc1Cl. The summed E-state index contributed by atoms with van der Waals surface area (Å²) < 4.78 is 0. The lowest BCUT2D eigenvalue weighted by Gasteiger charge is -2.16. The van der Waals surface area contributed by atoms with Gasteiger partial charge in [-0.15, -0.1) is 0 Å². The first kappa shape index (κ1) is 14.9. The molecule has 0 aromatic heterocycles. The molecule has 2 rings (SSSR count). The second-order valence-electron chi connectivity index (χ2n) is 5.87. The largest absolute Gasteiger partial charge is 0.481 e. The van der Waals surface area contributed by atoms with Crippen molar-refractivity contribution in [2.75, 3.05) is 0 Å². The summed E-state index contributed by atoms with van der Waals surface area (Å²) in [5.41, 5.74) is 0.337. The second-order valence-corrected chi connectivity index (χ2v) is 6.27. The smallest absolute Gasteiger partial charge is 0.307 e. The van der Waals surface area contributed by atoms with Gasteiger partial charge < -0.3 is 10.4 Å². The Morgan fingerprint density at radius 3 is 2.40 bits per heavy atom. The van der Waals surface area contributed by atoms with E-state index in [1.807, 2.05) is 25.1 Å². The number of carboxylic acid groups (broad SMARTS) is 1. The molecule has 4 nitrogen and oxygen atoms in total. The van der Waals surface area contributed by atoms with E-state index < -0.39 is 23.2 Å². The molecule has 1 fully saturated rings. The van der Waals surface area contributed by atoms with Crippen molar-refractivity contribution in [2.45, 2.75) is 26.8 Å². The number of halogens is 1. The van der Waals surface area contributed by atoms with Gasteiger partial charge in [0.2, 0.25) is 5.91 Å². The van der Waals surface area contributed by atoms with Crippen LogP contribution >= 0.6 is 11.6 Å². The summed E-state index contributed by atoms with van der Waals surface area (Å²) in [7, 11) is 0. The minimum atomic E-state index is -0.916. The molecule has 0 spiro atoms. The van der Waals surface area contributed by atoms with E-state index in [1.165, 1.54) is 0 Å². The third kappa shape index (κ3) is 2.52. The molecule has 108 valence electrons. The van der Waals surface area contributed by atoms with Gasteiger partial charge in [0.15, 0.2) is 0 Å². The number of nitrogens with one attached hydrogen (secondary N) is 1. The Kier molecular flexibility index (Phi) is 3.78. The van der Waals surface area contributed by atoms with Crippen LogP contribution < -0.4 is 5.32 Å². The molecule has 2 unspecified atom stereocenters. The van der Waals surface area contributed by atoms with E-state index in [9.17, 15) is 9.59 Å². The van der Waals surface area contributed by atoms with Crippen molar-refractivity contribution >= 4 is 23.5 Å². The highest BCUT2D eigenvalue weighted by Crippen LogP contribution is 2.58. The number of rotatable bonds is 4. The highest BCUT2D eigenvalue weighted by molar-refractivity contribution is 6.31. The Bertz CT molecular complexity index is 556. The molecule has 0 saturated heterocycles. The molecule has 5 heteroatoms. The van der Waals surface area contributed by atoms with Crippen molar-refractivity contribution < 1.29 is 14.7 Å². The fourth-order valence-electron chi connectivity index (χ4n) is 2.80. The normalized spacial score (nSPS) is 24.8. The van der Waals surface area contributed by atoms with Gasteiger partial charge in [-0.2, -0.15) is 0 Å². The number of carbonyl (C=O) groups excluding carboxylic acids is 1. The molecule has 20 heavy (non-hydrogen) atoms. The Hall–Kier alpha value is -1.55. The number of hydrogen-bond acceptors (Lipinski definition) is 2. The highest BCUT2D eigenvalue weighted by Gasteiger charge is 2.65. The van der Waals surface area contributed by atoms with E-state index in [0.29, 0.717) is 5.02 Å². The number of amides is 1. The van der Waals surface area contributed by atoms with Crippen LogP contribution in [-0.4, -0.2) is 17.0 Å². The van der Waals surface area contributed by atoms with E-state index in [1.54, 1.807) is 19.9 Å². The third-order valence-corrected chi connectivity index (χ3v) is 4.45. The molecule has 0 aliphatic heterocycles. The lowest BCUT2D eigenvalue weighted by molar-refractivity contribution is -0.140. The Morgan fingerprint density at radius 2 is 1.90 bits per heavy atom. The number of carbonyl (C=O) groups is 2. The molecule has 1 saturated carbocycles. The summed E-state index contributed by atoms with van der Waals surface area (Å²) in [5.74, 6) is -2.23. The number of carboxylic acids is 1. The molecule has 0 radical (unpaired) electrons. The van der Waals surface area contributed by atoms with Crippen molar-refractivity contribution in [1.29, 1.82) is 0 Å². The first-order chi connectivity index (χ1) is 9.26. The van der Waals surface area contributed by atoms with Crippen LogP contribution in [0.15, 0.2) is 24.3 Å². The van der Waals surface area contributed by atoms with Crippen LogP contribution in [0.2, 0.25) is 5.02 Å². The van der Waals surface area contributed by atoms with Crippen molar-refractivity contribution in [3.8, 4) is 0 Å². The maximum atomic E-state index is 12.2. The summed E-state index contributed by atoms with van der Waals surface area (Å²) in [4.78, 5) is 23.3. The summed E-state index contributed by atoms with van der Waals surface area (Å²) in [6.45, 7) is 5.44. The predicted octanol–water partition coefficient (Wildman–Crippen LogP) is 2.87. The fourth-order valence-corrected chi connectivity index (χ4v) is 3.09. The first-order valence-corrected chi connectivity index (χ1v) is 6.92. The van der Waals surface area contributed by atoms with Crippen molar-refractivity contribution in [2.24, 2.45) is 17.3 Å². The van der Waals surface area contributed by atoms with Crippen LogP contribution in [0, 0.1) is 17.3 Å². The average molecular weight is 296 g/mol. The molecule has 2 N–H and O–H groups in total. The summed E-state index contributed by atoms with van der Waals surface area (Å²) in [5, 5.41) is 12.5. The highest BCUT2D eigenvalue weighted by atomic mass is 35.5. The quantitative estimate of drug-likeness (QED) is 0.897. The van der Waals surface area contributed by atoms with E-state index in [0.717, 1.165) is 5.56 Å². The zero-order valence-corrected chi connectivity index (χ0v) is 12.4. The monoisotopic (exact) mass is 295 g/mol. The molecule has 0 heterocycles. The topological polar surface area (TPSA) is 66.4 Å². The molecule has 0 bridgehead atoms. The van der Waals surface area contributed by atoms with E-state index >= 15 is 0 Å². The van der Waals surface area contributed by atoms with Crippen LogP contribution in [0.3, 0.4) is 0 Å². The lowest BCUT2D eigenvalue weighted by Crippen LogP contribution is -2.30. The Morgan fingerprint density at radius 1 is 1.30 bits per heavy atom. The minimum Gasteiger partial charge on any atom is -0.481 e. The van der Waals surface area contributed by atoms with Crippen LogP contribution in [0.5, 0.6) is 0 Å². The molecule has 3 atom stereocenters. The lowest BCUT2D eigenvalue weighted by atomic mass is 10.1. The number of benzene rings is 1. The van der Waals surface area contributed by atoms with Gasteiger partial charge in [0.1, 0.15) is 0 Å². The zero-order chi connectivity index (χ0) is 15.1. The van der Waals surface area contributed by atoms with Gasteiger partial charge >= 0.3 is 5.97 Å². The van der Waals surface area contributed by atoms with Gasteiger partial charge in [-0.1, -0.05) is 43.6 Å². The summed E-state index contributed by atoms with van der Waals surface area (Å²) in [6.07, 6.45) is 0. The molecule has 1 aliphatic carbocycles. The van der Waals surface area contributed by atoms with E-state index in [2.05, 4.69) is 5.32 Å². The number of hydrogen-bond donors (Lipinski definition) is 2. The average Bonchev–Trinajstić information content (AvgIpc) is 2.93. The van der Waals surface area contributed by atoms with Crippen LogP contribution in [0.4, 0.5) is 0 Å². The number of aliphatic carboxylic acids is 1. The molecule has 1 aliphatic rings. The molecular weight excluding hydrogens is 278 g/mol. The Balaban J connectivity index is 2.07. The van der Waals surface area contributed by atoms with Crippen LogP contribution in [0.1, 0.15) is 32.4 Å².